The first-order chi connectivity index (χ1) is 5.14. The first kappa shape index (κ1) is 11.8. The molecule has 1 N–H and O–H groups in total. The number of nitrogens with one attached hydrogen (secondary N) is 1. The quantitative estimate of drug-likeness (QED) is 0.642. The van der Waals surface area contributed by atoms with Gasteiger partial charge in [0.25, 0.3) is 0 Å². The highest BCUT2D eigenvalue weighted by Gasteiger charge is 2.26. The molecular formula is C7H12ClNO2S. The summed E-state index contributed by atoms with van der Waals surface area (Å²) < 4.78 is 21.8. The van der Waals surface area contributed by atoms with E-state index in [4.69, 9.17) is 6.42 Å². The van der Waals surface area contributed by atoms with Crippen LogP contribution in [0.1, 0.15) is 6.42 Å². The molecule has 1 fully saturated rings. The van der Waals surface area contributed by atoms with E-state index in [1.165, 1.54) is 0 Å². The molecular weight excluding hydrogens is 198 g/mol. The van der Waals surface area contributed by atoms with Crippen LogP contribution in [0.25, 0.3) is 0 Å². The van der Waals surface area contributed by atoms with E-state index in [0.29, 0.717) is 18.7 Å². The highest BCUT2D eigenvalue weighted by atomic mass is 35.5. The van der Waals surface area contributed by atoms with Crippen LogP contribution in [-0.4, -0.2) is 32.5 Å². The summed E-state index contributed by atoms with van der Waals surface area (Å²) in [5, 5.41) is 2.97. The Labute approximate surface area is 79.3 Å². The van der Waals surface area contributed by atoms with Crippen LogP contribution >= 0.6 is 12.4 Å². The lowest BCUT2D eigenvalue weighted by Gasteiger charge is -2.05. The maximum Gasteiger partial charge on any atom is 0.151 e. The minimum atomic E-state index is -2.76. The van der Waals surface area contributed by atoms with Crippen molar-refractivity contribution >= 4 is 22.2 Å². The van der Waals surface area contributed by atoms with Crippen molar-refractivity contribution in [2.45, 2.75) is 12.5 Å². The van der Waals surface area contributed by atoms with Crippen LogP contribution in [-0.2, 0) is 9.84 Å². The van der Waals surface area contributed by atoms with E-state index in [9.17, 15) is 8.42 Å². The molecule has 5 heteroatoms. The Morgan fingerprint density at radius 1 is 1.58 bits per heavy atom. The van der Waals surface area contributed by atoms with Gasteiger partial charge >= 0.3 is 0 Å². The number of halogens is 1. The molecule has 1 aliphatic heterocycles. The summed E-state index contributed by atoms with van der Waals surface area (Å²) in [7, 11) is -2.76. The predicted octanol–water partition coefficient (Wildman–Crippen LogP) is -0.182. The van der Waals surface area contributed by atoms with E-state index >= 15 is 0 Å². The fourth-order valence-corrected chi connectivity index (χ4v) is 2.87. The lowest BCUT2D eigenvalue weighted by Crippen LogP contribution is -2.30. The average molecular weight is 210 g/mol. The second kappa shape index (κ2) is 4.70. The molecule has 0 aromatic carbocycles. The monoisotopic (exact) mass is 209 g/mol. The topological polar surface area (TPSA) is 46.2 Å². The molecule has 0 bridgehead atoms. The molecule has 1 unspecified atom stereocenters. The lowest BCUT2D eigenvalue weighted by atomic mass is 10.3. The molecule has 0 aromatic heterocycles. The van der Waals surface area contributed by atoms with Crippen LogP contribution in [0.15, 0.2) is 0 Å². The Balaban J connectivity index is 0.00000121. The second-order valence-corrected chi connectivity index (χ2v) is 4.91. The molecule has 0 aliphatic carbocycles. The van der Waals surface area contributed by atoms with Crippen molar-refractivity contribution in [1.82, 2.24) is 5.32 Å². The lowest BCUT2D eigenvalue weighted by molar-refractivity contribution is 0.587. The second-order valence-electron chi connectivity index (χ2n) is 2.68. The zero-order chi connectivity index (χ0) is 8.32. The summed E-state index contributed by atoms with van der Waals surface area (Å²) >= 11 is 0. The molecule has 70 valence electrons. The number of terminal acetylenes is 1. The highest BCUT2D eigenvalue weighted by Crippen LogP contribution is 2.10. The molecule has 1 heterocycles. The van der Waals surface area contributed by atoms with Gasteiger partial charge in [-0.15, -0.1) is 18.8 Å². The van der Waals surface area contributed by atoms with Crippen LogP contribution in [0.2, 0.25) is 0 Å². The molecule has 0 amide bonds. The maximum absolute atomic E-state index is 10.9. The van der Waals surface area contributed by atoms with Crippen LogP contribution in [0, 0.1) is 12.3 Å². The van der Waals surface area contributed by atoms with Gasteiger partial charge in [0, 0.05) is 6.04 Å². The summed E-state index contributed by atoms with van der Waals surface area (Å²) in [6.45, 7) is 0.459. The highest BCUT2D eigenvalue weighted by molar-refractivity contribution is 7.91. The van der Waals surface area contributed by atoms with Gasteiger partial charge in [-0.25, -0.2) is 8.42 Å². The third kappa shape index (κ3) is 3.44. The van der Waals surface area contributed by atoms with E-state index in [2.05, 4.69) is 11.2 Å². The average Bonchev–Trinajstić information content (AvgIpc) is 2.26. The van der Waals surface area contributed by atoms with Crippen molar-refractivity contribution in [3.05, 3.63) is 0 Å². The van der Waals surface area contributed by atoms with Gasteiger partial charge in [0.05, 0.1) is 18.1 Å². The smallest absolute Gasteiger partial charge is 0.151 e. The summed E-state index contributed by atoms with van der Waals surface area (Å²) in [6, 6.07) is 0.0797. The molecule has 1 atom stereocenters. The van der Waals surface area contributed by atoms with Gasteiger partial charge in [-0.1, -0.05) is 5.92 Å². The van der Waals surface area contributed by atoms with Crippen LogP contribution < -0.4 is 5.32 Å². The zero-order valence-corrected chi connectivity index (χ0v) is 8.25. The van der Waals surface area contributed by atoms with Gasteiger partial charge in [-0.3, -0.25) is 0 Å². The molecule has 0 spiro atoms. The van der Waals surface area contributed by atoms with E-state index in [0.717, 1.165) is 0 Å². The van der Waals surface area contributed by atoms with Gasteiger partial charge < -0.3 is 5.32 Å². The Morgan fingerprint density at radius 3 is 2.67 bits per heavy atom. The molecule has 12 heavy (non-hydrogen) atoms. The summed E-state index contributed by atoms with van der Waals surface area (Å²) in [5.41, 5.74) is 0. The van der Waals surface area contributed by atoms with Crippen molar-refractivity contribution in [2.75, 3.05) is 18.1 Å². The van der Waals surface area contributed by atoms with E-state index in [1.807, 2.05) is 0 Å². The fraction of sp³-hybridized carbons (Fsp3) is 0.714. The van der Waals surface area contributed by atoms with E-state index in [1.54, 1.807) is 0 Å². The molecule has 0 saturated carbocycles. The Morgan fingerprint density at radius 2 is 2.25 bits per heavy atom. The van der Waals surface area contributed by atoms with Gasteiger partial charge in [0.2, 0.25) is 0 Å². The molecule has 3 nitrogen and oxygen atoms in total. The molecule has 1 rings (SSSR count). The van der Waals surface area contributed by atoms with Crippen molar-refractivity contribution < 1.29 is 8.42 Å². The van der Waals surface area contributed by atoms with Gasteiger partial charge in [0.15, 0.2) is 9.84 Å². The first-order valence-electron chi connectivity index (χ1n) is 3.51. The van der Waals surface area contributed by atoms with Crippen LogP contribution in [0.4, 0.5) is 0 Å². The summed E-state index contributed by atoms with van der Waals surface area (Å²) in [5.74, 6) is 2.96. The van der Waals surface area contributed by atoms with Crippen LogP contribution in [0.5, 0.6) is 0 Å². The summed E-state index contributed by atoms with van der Waals surface area (Å²) in [6.07, 6.45) is 5.71. The number of sulfone groups is 1. The largest absolute Gasteiger partial charge is 0.302 e. The Bertz CT molecular complexity index is 268. The summed E-state index contributed by atoms with van der Waals surface area (Å²) in [4.78, 5) is 0. The van der Waals surface area contributed by atoms with Gasteiger partial charge in [0.1, 0.15) is 0 Å². The molecule has 0 radical (unpaired) electrons. The van der Waals surface area contributed by atoms with Gasteiger partial charge in [-0.2, -0.15) is 0 Å². The molecule has 1 aliphatic rings. The van der Waals surface area contributed by atoms with E-state index in [-0.39, 0.29) is 24.2 Å². The van der Waals surface area contributed by atoms with Crippen molar-refractivity contribution in [2.24, 2.45) is 0 Å². The standard InChI is InChI=1S/C7H11NO2S.ClH/c1-2-4-8-7-3-5-11(9,10)6-7;/h1,7-8H,3-6H2;1H. The van der Waals surface area contributed by atoms with Gasteiger partial charge in [-0.05, 0) is 6.42 Å². The third-order valence-electron chi connectivity index (χ3n) is 1.73. The zero-order valence-electron chi connectivity index (χ0n) is 6.62. The number of rotatable bonds is 2. The SMILES string of the molecule is C#CCNC1CCS(=O)(=O)C1.Cl. The predicted molar refractivity (Wildman–Crippen MR) is 51.1 cm³/mol. The van der Waals surface area contributed by atoms with Crippen molar-refractivity contribution in [1.29, 1.82) is 0 Å². The van der Waals surface area contributed by atoms with Crippen LogP contribution in [0.3, 0.4) is 0 Å². The minimum Gasteiger partial charge on any atom is -0.302 e. The number of hydrogen-bond acceptors (Lipinski definition) is 3. The fourth-order valence-electron chi connectivity index (χ4n) is 1.16. The Kier molecular flexibility index (Phi) is 4.61. The third-order valence-corrected chi connectivity index (χ3v) is 3.49. The Hall–Kier alpha value is -0.240. The normalized spacial score (nSPS) is 25.8. The van der Waals surface area contributed by atoms with E-state index < -0.39 is 9.84 Å². The van der Waals surface area contributed by atoms with Crippen molar-refractivity contribution in [3.8, 4) is 12.3 Å². The number of hydrogen-bond donors (Lipinski definition) is 1. The minimum absolute atomic E-state index is 0. The first-order valence-corrected chi connectivity index (χ1v) is 5.33. The van der Waals surface area contributed by atoms with Crippen molar-refractivity contribution in [3.63, 3.8) is 0 Å². The molecule has 1 saturated heterocycles. The molecule has 0 aromatic rings. The maximum atomic E-state index is 10.9.